The maximum atomic E-state index is 13.1. The van der Waals surface area contributed by atoms with Crippen LogP contribution in [0.25, 0.3) is 6.08 Å². The Bertz CT molecular complexity index is 1170. The molecule has 1 aliphatic rings. The minimum atomic E-state index is -0.680. The summed E-state index contributed by atoms with van der Waals surface area (Å²) in [7, 11) is 5.64. The number of hydrogen-bond donors (Lipinski definition) is 1. The van der Waals surface area contributed by atoms with Crippen molar-refractivity contribution >= 4 is 23.6 Å². The number of anilines is 1. The number of benzene rings is 2. The summed E-state index contributed by atoms with van der Waals surface area (Å²) in [5.41, 5.74) is 3.92. The number of rotatable bonds is 6. The third-order valence-electron chi connectivity index (χ3n) is 5.53. The number of nitrogens with one attached hydrogen (secondary N) is 1. The van der Waals surface area contributed by atoms with Crippen molar-refractivity contribution in [1.82, 2.24) is 20.4 Å². The number of likely N-dealkylation sites (N-methyl/N-ethyl adjacent to an activating group) is 1. The number of carbonyl (C=O) groups is 2. The summed E-state index contributed by atoms with van der Waals surface area (Å²) < 4.78 is 5.54. The van der Waals surface area contributed by atoms with Crippen molar-refractivity contribution in [2.45, 2.75) is 25.3 Å². The molecule has 1 aliphatic heterocycles. The van der Waals surface area contributed by atoms with E-state index in [1.54, 1.807) is 11.9 Å². The van der Waals surface area contributed by atoms with E-state index in [4.69, 9.17) is 4.42 Å². The summed E-state index contributed by atoms with van der Waals surface area (Å²) in [6.07, 6.45) is 5.54. The van der Waals surface area contributed by atoms with Crippen LogP contribution in [0.3, 0.4) is 0 Å². The maximum absolute atomic E-state index is 13.1. The number of aromatic nitrogens is 2. The maximum Gasteiger partial charge on any atom is 0.309 e. The van der Waals surface area contributed by atoms with Crippen LogP contribution < -0.4 is 10.2 Å². The highest BCUT2D eigenvalue weighted by molar-refractivity contribution is 6.01. The van der Waals surface area contributed by atoms with Gasteiger partial charge in [-0.25, -0.2) is 0 Å². The van der Waals surface area contributed by atoms with E-state index >= 15 is 0 Å². The molecule has 8 heteroatoms. The molecular formula is C25H27N5O3. The van der Waals surface area contributed by atoms with Crippen molar-refractivity contribution in [3.05, 3.63) is 83.2 Å². The van der Waals surface area contributed by atoms with Crippen LogP contribution in [0.5, 0.6) is 0 Å². The zero-order valence-corrected chi connectivity index (χ0v) is 19.0. The second-order valence-electron chi connectivity index (χ2n) is 8.29. The summed E-state index contributed by atoms with van der Waals surface area (Å²) in [4.78, 5) is 29.4. The third-order valence-corrected chi connectivity index (χ3v) is 5.53. The van der Waals surface area contributed by atoms with E-state index in [9.17, 15) is 9.59 Å². The Morgan fingerprint density at radius 2 is 2.00 bits per heavy atom. The predicted octanol–water partition coefficient (Wildman–Crippen LogP) is 2.90. The number of fused-ring (bicyclic) bond motifs is 1. The molecule has 0 saturated carbocycles. The van der Waals surface area contributed by atoms with Crippen molar-refractivity contribution in [1.29, 1.82) is 0 Å². The van der Waals surface area contributed by atoms with Gasteiger partial charge in [0.05, 0.1) is 6.42 Å². The molecule has 3 aromatic rings. The molecule has 1 atom stereocenters. The van der Waals surface area contributed by atoms with Gasteiger partial charge >= 0.3 is 11.8 Å². The molecule has 170 valence electrons. The Morgan fingerprint density at radius 1 is 1.21 bits per heavy atom. The highest BCUT2D eigenvalue weighted by Crippen LogP contribution is 2.28. The van der Waals surface area contributed by atoms with Crippen molar-refractivity contribution in [2.75, 3.05) is 26.0 Å². The Hall–Kier alpha value is -3.94. The SMILES string of the molecule is CN(C)/C=C\c1ccc2c(c1)N(C)C(=O)[C@H](NC(=O)c1nnc(Cc3ccccc3)o1)CC2. The lowest BCUT2D eigenvalue weighted by Gasteiger charge is -2.22. The fraction of sp³-hybridized carbons (Fsp3) is 0.280. The molecule has 0 bridgehead atoms. The average Bonchev–Trinajstić information content (AvgIpc) is 3.24. The minimum Gasteiger partial charge on any atom is -0.417 e. The molecule has 8 nitrogen and oxygen atoms in total. The zero-order chi connectivity index (χ0) is 23.4. The molecule has 0 spiro atoms. The molecule has 2 amide bonds. The molecule has 2 aromatic carbocycles. The van der Waals surface area contributed by atoms with Crippen LogP contribution in [0.4, 0.5) is 5.69 Å². The fourth-order valence-electron chi connectivity index (χ4n) is 3.76. The van der Waals surface area contributed by atoms with Gasteiger partial charge in [-0.3, -0.25) is 9.59 Å². The molecule has 0 unspecified atom stereocenters. The van der Waals surface area contributed by atoms with Crippen molar-refractivity contribution in [2.24, 2.45) is 0 Å². The number of carbonyl (C=O) groups excluding carboxylic acids is 2. The highest BCUT2D eigenvalue weighted by Gasteiger charge is 2.30. The quantitative estimate of drug-likeness (QED) is 0.627. The molecule has 1 aromatic heterocycles. The minimum absolute atomic E-state index is 0.144. The van der Waals surface area contributed by atoms with Gasteiger partial charge < -0.3 is 19.5 Å². The molecule has 0 radical (unpaired) electrons. The van der Waals surface area contributed by atoms with Crippen molar-refractivity contribution < 1.29 is 14.0 Å². The van der Waals surface area contributed by atoms with E-state index in [2.05, 4.69) is 15.5 Å². The standard InChI is InChI=1S/C25H27N5O3/c1-29(2)14-13-18-9-10-19-11-12-20(25(32)30(3)21(19)15-18)26-23(31)24-28-27-22(33-24)16-17-7-5-4-6-8-17/h4-10,13-15,20H,11-12,16H2,1-3H3,(H,26,31)/b14-13-/t20-/m1/s1. The first kappa shape index (κ1) is 22.3. The molecular weight excluding hydrogens is 418 g/mol. The van der Waals surface area contributed by atoms with Crippen LogP contribution in [0.2, 0.25) is 0 Å². The first-order valence-corrected chi connectivity index (χ1v) is 10.8. The average molecular weight is 446 g/mol. The van der Waals surface area contributed by atoms with Crippen molar-refractivity contribution in [3.8, 4) is 0 Å². The first-order valence-electron chi connectivity index (χ1n) is 10.8. The smallest absolute Gasteiger partial charge is 0.309 e. The summed E-state index contributed by atoms with van der Waals surface area (Å²) in [5.74, 6) is -0.524. The van der Waals surface area contributed by atoms with Crippen LogP contribution in [0.15, 0.2) is 59.1 Å². The highest BCUT2D eigenvalue weighted by atomic mass is 16.4. The van der Waals surface area contributed by atoms with E-state index in [0.29, 0.717) is 25.2 Å². The van der Waals surface area contributed by atoms with Gasteiger partial charge in [-0.1, -0.05) is 42.5 Å². The number of aryl methyl sites for hydroxylation is 1. The van der Waals surface area contributed by atoms with Gasteiger partial charge in [-0.2, -0.15) is 0 Å². The lowest BCUT2D eigenvalue weighted by molar-refractivity contribution is -0.120. The van der Waals surface area contributed by atoms with E-state index in [1.807, 2.05) is 79.8 Å². The molecule has 2 heterocycles. The Balaban J connectivity index is 1.45. The number of hydrogen-bond acceptors (Lipinski definition) is 6. The molecule has 0 aliphatic carbocycles. The summed E-state index contributed by atoms with van der Waals surface area (Å²) in [6, 6.07) is 15.0. The van der Waals surface area contributed by atoms with Gasteiger partial charge in [0.25, 0.3) is 0 Å². The van der Waals surface area contributed by atoms with E-state index < -0.39 is 11.9 Å². The van der Waals surface area contributed by atoms with Crippen LogP contribution >= 0.6 is 0 Å². The van der Waals surface area contributed by atoms with Gasteiger partial charge in [0.15, 0.2) is 0 Å². The van der Waals surface area contributed by atoms with Gasteiger partial charge in [0.2, 0.25) is 11.8 Å². The summed E-state index contributed by atoms with van der Waals surface area (Å²) in [5, 5.41) is 10.6. The lowest BCUT2D eigenvalue weighted by Crippen LogP contribution is -2.46. The topological polar surface area (TPSA) is 91.6 Å². The largest absolute Gasteiger partial charge is 0.417 e. The fourth-order valence-corrected chi connectivity index (χ4v) is 3.76. The summed E-state index contributed by atoms with van der Waals surface area (Å²) >= 11 is 0. The Labute approximate surface area is 192 Å². The van der Waals surface area contributed by atoms with Crippen LogP contribution in [0.1, 0.15) is 39.7 Å². The normalized spacial score (nSPS) is 15.9. The van der Waals surface area contributed by atoms with Crippen molar-refractivity contribution in [3.63, 3.8) is 0 Å². The van der Waals surface area contributed by atoms with Gasteiger partial charge in [0.1, 0.15) is 6.04 Å². The second-order valence-corrected chi connectivity index (χ2v) is 8.29. The van der Waals surface area contributed by atoms with E-state index in [-0.39, 0.29) is 11.8 Å². The monoisotopic (exact) mass is 445 g/mol. The van der Waals surface area contributed by atoms with Gasteiger partial charge in [-0.05, 0) is 47.9 Å². The van der Waals surface area contributed by atoms with E-state index in [1.165, 1.54) is 0 Å². The first-order chi connectivity index (χ1) is 15.9. The third kappa shape index (κ3) is 5.28. The number of nitrogens with zero attached hydrogens (tertiary/aromatic N) is 4. The molecule has 4 rings (SSSR count). The molecule has 1 N–H and O–H groups in total. The lowest BCUT2D eigenvalue weighted by atomic mass is 10.0. The van der Waals surface area contributed by atoms with Gasteiger partial charge in [-0.15, -0.1) is 10.2 Å². The van der Waals surface area contributed by atoms with Crippen LogP contribution in [0, 0.1) is 0 Å². The van der Waals surface area contributed by atoms with Gasteiger partial charge in [0, 0.05) is 26.8 Å². The molecule has 33 heavy (non-hydrogen) atoms. The number of amides is 2. The predicted molar refractivity (Wildman–Crippen MR) is 126 cm³/mol. The molecule has 0 fully saturated rings. The Morgan fingerprint density at radius 3 is 2.76 bits per heavy atom. The second kappa shape index (κ2) is 9.68. The zero-order valence-electron chi connectivity index (χ0n) is 19.0. The van der Waals surface area contributed by atoms with E-state index in [0.717, 1.165) is 22.4 Å². The van der Waals surface area contributed by atoms with Crippen LogP contribution in [-0.2, 0) is 17.6 Å². The summed E-state index contributed by atoms with van der Waals surface area (Å²) in [6.45, 7) is 0. The Kier molecular flexibility index (Phi) is 6.53. The molecule has 0 saturated heterocycles. The van der Waals surface area contributed by atoms with Crippen LogP contribution in [-0.4, -0.2) is 54.1 Å².